The van der Waals surface area contributed by atoms with Crippen molar-refractivity contribution >= 4 is 5.57 Å². The van der Waals surface area contributed by atoms with Crippen LogP contribution in [0.15, 0.2) is 30.3 Å². The largest absolute Gasteiger partial charge is 0.416 e. The third-order valence-corrected chi connectivity index (χ3v) is 2.97. The molecule has 2 rings (SSSR count). The summed E-state index contributed by atoms with van der Waals surface area (Å²) in [7, 11) is 2.00. The molecule has 0 radical (unpaired) electrons. The van der Waals surface area contributed by atoms with Crippen LogP contribution >= 0.6 is 0 Å². The molecule has 0 aliphatic carbocycles. The van der Waals surface area contributed by atoms with E-state index in [1.54, 1.807) is 6.07 Å². The summed E-state index contributed by atoms with van der Waals surface area (Å²) in [6.45, 7) is 1.69. The van der Waals surface area contributed by atoms with Gasteiger partial charge in [-0.15, -0.1) is 0 Å². The fourth-order valence-electron chi connectivity index (χ4n) is 1.93. The van der Waals surface area contributed by atoms with Crippen LogP contribution in [0.3, 0.4) is 0 Å². The van der Waals surface area contributed by atoms with Crippen molar-refractivity contribution < 1.29 is 13.2 Å². The van der Waals surface area contributed by atoms with Crippen LogP contribution in [0.2, 0.25) is 0 Å². The topological polar surface area (TPSA) is 3.24 Å². The van der Waals surface area contributed by atoms with Crippen molar-refractivity contribution in [2.45, 2.75) is 12.6 Å². The molecule has 0 amide bonds. The zero-order valence-corrected chi connectivity index (χ0v) is 9.59. The Hall–Kier alpha value is -1.29. The van der Waals surface area contributed by atoms with Gasteiger partial charge in [0.1, 0.15) is 0 Å². The van der Waals surface area contributed by atoms with E-state index in [2.05, 4.69) is 4.90 Å². The first-order valence-corrected chi connectivity index (χ1v) is 5.52. The first kappa shape index (κ1) is 12.2. The highest BCUT2D eigenvalue weighted by molar-refractivity contribution is 5.67. The molecule has 0 bridgehead atoms. The molecular weight excluding hydrogens is 227 g/mol. The number of halogens is 3. The number of likely N-dealkylation sites (N-methyl/N-ethyl adjacent to an activating group) is 1. The quantitative estimate of drug-likeness (QED) is 0.728. The summed E-state index contributed by atoms with van der Waals surface area (Å²) in [5.74, 6) is 0. The molecule has 0 saturated heterocycles. The van der Waals surface area contributed by atoms with Crippen molar-refractivity contribution in [3.8, 4) is 0 Å². The minimum Gasteiger partial charge on any atom is -0.302 e. The van der Waals surface area contributed by atoms with Crippen LogP contribution in [0, 0.1) is 0 Å². The molecule has 1 aliphatic rings. The molecule has 17 heavy (non-hydrogen) atoms. The van der Waals surface area contributed by atoms with Crippen molar-refractivity contribution in [3.63, 3.8) is 0 Å². The second kappa shape index (κ2) is 4.53. The van der Waals surface area contributed by atoms with Crippen molar-refractivity contribution in [1.29, 1.82) is 0 Å². The molecule has 0 N–H and O–H groups in total. The Labute approximate surface area is 98.5 Å². The van der Waals surface area contributed by atoms with E-state index < -0.39 is 11.7 Å². The van der Waals surface area contributed by atoms with E-state index in [-0.39, 0.29) is 0 Å². The Bertz CT molecular complexity index is 435. The Balaban J connectivity index is 2.28. The normalized spacial score (nSPS) is 18.0. The molecule has 1 aromatic rings. The average molecular weight is 241 g/mol. The summed E-state index contributed by atoms with van der Waals surface area (Å²) in [4.78, 5) is 2.14. The number of benzene rings is 1. The SMILES string of the molecule is CN1CC=C(c2cccc(C(F)(F)F)c2)CC1. The summed E-state index contributed by atoms with van der Waals surface area (Å²) in [6.07, 6.45) is -1.46. The third-order valence-electron chi connectivity index (χ3n) is 2.97. The predicted molar refractivity (Wildman–Crippen MR) is 61.5 cm³/mol. The van der Waals surface area contributed by atoms with Crippen molar-refractivity contribution in [1.82, 2.24) is 4.90 Å². The molecule has 1 aromatic carbocycles. The van der Waals surface area contributed by atoms with Crippen LogP contribution in [0.1, 0.15) is 17.5 Å². The molecule has 0 atom stereocenters. The van der Waals surface area contributed by atoms with Gasteiger partial charge in [-0.05, 0) is 36.7 Å². The zero-order chi connectivity index (χ0) is 12.5. The maximum Gasteiger partial charge on any atom is 0.416 e. The first-order valence-electron chi connectivity index (χ1n) is 5.52. The maximum absolute atomic E-state index is 12.6. The predicted octanol–water partition coefficient (Wildman–Crippen LogP) is 3.42. The van der Waals surface area contributed by atoms with Gasteiger partial charge in [0.05, 0.1) is 5.56 Å². The van der Waals surface area contributed by atoms with E-state index in [0.717, 1.165) is 31.1 Å². The Morgan fingerprint density at radius 3 is 2.59 bits per heavy atom. The third kappa shape index (κ3) is 2.88. The molecule has 0 saturated carbocycles. The molecule has 1 aliphatic heterocycles. The van der Waals surface area contributed by atoms with Crippen LogP contribution in [0.25, 0.3) is 5.57 Å². The van der Waals surface area contributed by atoms with E-state index in [1.165, 1.54) is 12.1 Å². The van der Waals surface area contributed by atoms with Gasteiger partial charge in [-0.3, -0.25) is 0 Å². The zero-order valence-electron chi connectivity index (χ0n) is 9.59. The van der Waals surface area contributed by atoms with E-state index in [9.17, 15) is 13.2 Å². The van der Waals surface area contributed by atoms with Gasteiger partial charge in [0.25, 0.3) is 0 Å². The van der Waals surface area contributed by atoms with Gasteiger partial charge in [-0.25, -0.2) is 0 Å². The molecule has 0 fully saturated rings. The van der Waals surface area contributed by atoms with Crippen molar-refractivity contribution in [2.24, 2.45) is 0 Å². The van der Waals surface area contributed by atoms with Crippen molar-refractivity contribution in [2.75, 3.05) is 20.1 Å². The molecule has 0 unspecified atom stereocenters. The van der Waals surface area contributed by atoms with E-state index in [1.807, 2.05) is 13.1 Å². The van der Waals surface area contributed by atoms with Crippen LogP contribution in [-0.4, -0.2) is 25.0 Å². The van der Waals surface area contributed by atoms with Crippen LogP contribution in [0.4, 0.5) is 13.2 Å². The van der Waals surface area contributed by atoms with E-state index >= 15 is 0 Å². The van der Waals surface area contributed by atoms with Gasteiger partial charge in [-0.1, -0.05) is 18.2 Å². The highest BCUT2D eigenvalue weighted by Crippen LogP contribution is 2.32. The second-order valence-corrected chi connectivity index (χ2v) is 4.32. The molecule has 4 heteroatoms. The summed E-state index contributed by atoms with van der Waals surface area (Å²) in [5.41, 5.74) is 1.12. The molecule has 1 heterocycles. The van der Waals surface area contributed by atoms with Crippen LogP contribution in [0.5, 0.6) is 0 Å². The lowest BCUT2D eigenvalue weighted by molar-refractivity contribution is -0.137. The number of hydrogen-bond acceptors (Lipinski definition) is 1. The van der Waals surface area contributed by atoms with Crippen LogP contribution in [-0.2, 0) is 6.18 Å². The average Bonchev–Trinajstić information content (AvgIpc) is 2.29. The van der Waals surface area contributed by atoms with E-state index in [0.29, 0.717) is 5.56 Å². The van der Waals surface area contributed by atoms with E-state index in [4.69, 9.17) is 0 Å². The first-order chi connectivity index (χ1) is 7.97. The monoisotopic (exact) mass is 241 g/mol. The molecule has 0 aromatic heterocycles. The Kier molecular flexibility index (Phi) is 3.24. The molecular formula is C13H14F3N. The Morgan fingerprint density at radius 2 is 2.00 bits per heavy atom. The van der Waals surface area contributed by atoms with Gasteiger partial charge < -0.3 is 4.90 Å². The summed E-state index contributed by atoms with van der Waals surface area (Å²) < 4.78 is 37.7. The van der Waals surface area contributed by atoms with Gasteiger partial charge in [0.15, 0.2) is 0 Å². The lowest BCUT2D eigenvalue weighted by Crippen LogP contribution is -2.23. The number of nitrogens with zero attached hydrogens (tertiary/aromatic N) is 1. The van der Waals surface area contributed by atoms with Crippen molar-refractivity contribution in [3.05, 3.63) is 41.5 Å². The lowest BCUT2D eigenvalue weighted by atomic mass is 9.98. The highest BCUT2D eigenvalue weighted by Gasteiger charge is 2.30. The van der Waals surface area contributed by atoms with Crippen LogP contribution < -0.4 is 0 Å². The lowest BCUT2D eigenvalue weighted by Gasteiger charge is -2.22. The minimum atomic E-state index is -4.26. The molecule has 1 nitrogen and oxygen atoms in total. The summed E-state index contributed by atoms with van der Waals surface area (Å²) >= 11 is 0. The smallest absolute Gasteiger partial charge is 0.302 e. The van der Waals surface area contributed by atoms with Gasteiger partial charge in [0, 0.05) is 13.1 Å². The maximum atomic E-state index is 12.6. The second-order valence-electron chi connectivity index (χ2n) is 4.32. The molecule has 92 valence electrons. The molecule has 0 spiro atoms. The number of rotatable bonds is 1. The standard InChI is InChI=1S/C13H14F3N/c1-17-7-5-10(6-8-17)11-3-2-4-12(9-11)13(14,15)16/h2-5,9H,6-8H2,1H3. The summed E-state index contributed by atoms with van der Waals surface area (Å²) in [5, 5.41) is 0. The fourth-order valence-corrected chi connectivity index (χ4v) is 1.93. The fraction of sp³-hybridized carbons (Fsp3) is 0.385. The minimum absolute atomic E-state index is 0.574. The van der Waals surface area contributed by atoms with Gasteiger partial charge in [-0.2, -0.15) is 13.2 Å². The number of alkyl halides is 3. The van der Waals surface area contributed by atoms with Gasteiger partial charge in [0.2, 0.25) is 0 Å². The van der Waals surface area contributed by atoms with Gasteiger partial charge >= 0.3 is 6.18 Å². The highest BCUT2D eigenvalue weighted by atomic mass is 19.4. The summed E-state index contributed by atoms with van der Waals surface area (Å²) in [6, 6.07) is 5.56. The number of hydrogen-bond donors (Lipinski definition) is 0. The Morgan fingerprint density at radius 1 is 1.24 bits per heavy atom.